The Morgan fingerprint density at radius 1 is 0.952 bits per heavy atom. The normalized spacial score (nSPS) is 18.4. The fraction of sp³-hybridized carbons (Fsp3) is 0.0556. The van der Waals surface area contributed by atoms with Gasteiger partial charge in [0.2, 0.25) is 0 Å². The van der Waals surface area contributed by atoms with Crippen LogP contribution in [0.4, 0.5) is 0 Å². The molecule has 0 aromatic heterocycles. The van der Waals surface area contributed by atoms with Crippen LogP contribution in [0.15, 0.2) is 59.2 Å². The largest absolute Gasteiger partial charge is 0.265 e. The molecule has 1 nitrogen and oxygen atoms in total. The van der Waals surface area contributed by atoms with Gasteiger partial charge in [-0.15, -0.1) is 0 Å². The summed E-state index contributed by atoms with van der Waals surface area (Å²) in [5, 5.41) is 1.53. The second-order valence-corrected chi connectivity index (χ2v) is 6.01. The number of benzene rings is 2. The molecule has 21 heavy (non-hydrogen) atoms. The molecule has 0 spiro atoms. The summed E-state index contributed by atoms with van der Waals surface area (Å²) in [7, 11) is 0. The highest BCUT2D eigenvalue weighted by atomic mass is 35.5. The van der Waals surface area contributed by atoms with Gasteiger partial charge in [-0.05, 0) is 52.1 Å². The fourth-order valence-electron chi connectivity index (χ4n) is 2.99. The summed E-state index contributed by atoms with van der Waals surface area (Å²) in [6, 6.07) is 12.0. The molecule has 1 atom stereocenters. The van der Waals surface area contributed by atoms with Crippen LogP contribution in [0.25, 0.3) is 17.2 Å². The van der Waals surface area contributed by atoms with Crippen molar-refractivity contribution < 1.29 is 0 Å². The van der Waals surface area contributed by atoms with Gasteiger partial charge in [0.25, 0.3) is 0 Å². The molecule has 102 valence electrons. The van der Waals surface area contributed by atoms with Crippen molar-refractivity contribution in [3.8, 4) is 11.1 Å². The molecule has 2 aliphatic rings. The molecule has 0 saturated carbocycles. The number of hydrogen-bond donors (Lipinski definition) is 0. The molecule has 1 heterocycles. The summed E-state index contributed by atoms with van der Waals surface area (Å²) in [5.41, 5.74) is 5.89. The minimum Gasteiger partial charge on any atom is -0.265 e. The van der Waals surface area contributed by atoms with Crippen molar-refractivity contribution in [2.45, 2.75) is 5.92 Å². The monoisotopic (exact) mass is 311 g/mol. The predicted molar refractivity (Wildman–Crippen MR) is 90.2 cm³/mol. The maximum Gasteiger partial charge on any atom is 0.0482 e. The first kappa shape index (κ1) is 12.9. The van der Waals surface area contributed by atoms with Gasteiger partial charge >= 0.3 is 0 Å². The molecule has 1 aliphatic carbocycles. The molecule has 4 rings (SSSR count). The van der Waals surface area contributed by atoms with Crippen LogP contribution < -0.4 is 0 Å². The zero-order valence-corrected chi connectivity index (χ0v) is 12.6. The number of nitrogens with zero attached hydrogens (tertiary/aromatic N) is 1. The molecule has 0 fully saturated rings. The molecule has 1 unspecified atom stereocenters. The summed E-state index contributed by atoms with van der Waals surface area (Å²) in [6.07, 6.45) is 8.01. The van der Waals surface area contributed by atoms with Crippen molar-refractivity contribution in [3.63, 3.8) is 0 Å². The van der Waals surface area contributed by atoms with E-state index in [1.807, 2.05) is 42.7 Å². The zero-order chi connectivity index (χ0) is 14.4. The van der Waals surface area contributed by atoms with Crippen LogP contribution in [-0.2, 0) is 0 Å². The Hall–Kier alpha value is -1.83. The fourth-order valence-corrected chi connectivity index (χ4v) is 3.33. The highest BCUT2D eigenvalue weighted by Crippen LogP contribution is 2.46. The molecule has 0 amide bonds. The summed E-state index contributed by atoms with van der Waals surface area (Å²) in [5.74, 6) is 0.238. The van der Waals surface area contributed by atoms with Crippen molar-refractivity contribution in [1.29, 1.82) is 0 Å². The molecule has 0 radical (unpaired) electrons. The van der Waals surface area contributed by atoms with Crippen LogP contribution in [0.1, 0.15) is 17.0 Å². The topological polar surface area (TPSA) is 12.4 Å². The Morgan fingerprint density at radius 3 is 2.57 bits per heavy atom. The molecule has 1 aliphatic heterocycles. The number of rotatable bonds is 1. The summed E-state index contributed by atoms with van der Waals surface area (Å²) < 4.78 is 0. The second-order valence-electron chi connectivity index (χ2n) is 5.17. The minimum absolute atomic E-state index is 0.238. The number of halogens is 2. The van der Waals surface area contributed by atoms with E-state index in [1.165, 1.54) is 16.7 Å². The first-order valence-electron chi connectivity index (χ1n) is 6.74. The smallest absolute Gasteiger partial charge is 0.0482 e. The Balaban J connectivity index is 1.94. The van der Waals surface area contributed by atoms with Crippen LogP contribution in [-0.4, -0.2) is 6.21 Å². The Morgan fingerprint density at radius 2 is 1.76 bits per heavy atom. The zero-order valence-electron chi connectivity index (χ0n) is 11.1. The lowest BCUT2D eigenvalue weighted by Crippen LogP contribution is -2.01. The minimum atomic E-state index is 0.238. The summed E-state index contributed by atoms with van der Waals surface area (Å²) in [4.78, 5) is 4.21. The number of hydrogen-bond acceptors (Lipinski definition) is 1. The summed E-state index contributed by atoms with van der Waals surface area (Å²) in [6.45, 7) is 0. The van der Waals surface area contributed by atoms with Gasteiger partial charge in [0.15, 0.2) is 0 Å². The molecular weight excluding hydrogens is 301 g/mol. The first-order chi connectivity index (χ1) is 10.2. The molecule has 2 aromatic carbocycles. The Bertz CT molecular complexity index is 814. The van der Waals surface area contributed by atoms with E-state index in [4.69, 9.17) is 23.2 Å². The average Bonchev–Trinajstić information content (AvgIpc) is 2.90. The molecule has 0 bridgehead atoms. The molecule has 3 heteroatoms. The van der Waals surface area contributed by atoms with Gasteiger partial charge in [-0.2, -0.15) is 0 Å². The maximum atomic E-state index is 6.38. The van der Waals surface area contributed by atoms with E-state index in [0.29, 0.717) is 0 Å². The quantitative estimate of drug-likeness (QED) is 0.637. The van der Waals surface area contributed by atoms with E-state index in [2.05, 4.69) is 23.2 Å². The van der Waals surface area contributed by atoms with Crippen molar-refractivity contribution in [1.82, 2.24) is 0 Å². The molecule has 2 aromatic rings. The van der Waals surface area contributed by atoms with E-state index in [-0.39, 0.29) is 5.92 Å². The van der Waals surface area contributed by atoms with Gasteiger partial charge in [0, 0.05) is 28.4 Å². The van der Waals surface area contributed by atoms with Crippen LogP contribution in [0.2, 0.25) is 10.0 Å². The van der Waals surface area contributed by atoms with E-state index in [0.717, 1.165) is 21.2 Å². The Labute approximate surface area is 133 Å². The highest BCUT2D eigenvalue weighted by Gasteiger charge is 2.28. The third-order valence-corrected chi connectivity index (χ3v) is 4.54. The van der Waals surface area contributed by atoms with Crippen LogP contribution in [0.3, 0.4) is 0 Å². The van der Waals surface area contributed by atoms with Gasteiger partial charge in [-0.3, -0.25) is 4.99 Å². The van der Waals surface area contributed by atoms with Crippen molar-refractivity contribution in [2.24, 2.45) is 4.99 Å². The van der Waals surface area contributed by atoms with Crippen molar-refractivity contribution >= 4 is 35.5 Å². The lowest BCUT2D eigenvalue weighted by Gasteiger charge is -2.17. The van der Waals surface area contributed by atoms with Crippen molar-refractivity contribution in [2.75, 3.05) is 0 Å². The third-order valence-electron chi connectivity index (χ3n) is 3.96. The van der Waals surface area contributed by atoms with Gasteiger partial charge < -0.3 is 0 Å². The lowest BCUT2D eigenvalue weighted by atomic mass is 9.88. The predicted octanol–water partition coefficient (Wildman–Crippen LogP) is 5.74. The van der Waals surface area contributed by atoms with E-state index in [1.54, 1.807) is 0 Å². The van der Waals surface area contributed by atoms with Crippen LogP contribution >= 0.6 is 23.2 Å². The third kappa shape index (κ3) is 2.05. The average molecular weight is 312 g/mol. The highest BCUT2D eigenvalue weighted by molar-refractivity contribution is 6.33. The molecular formula is C18H11Cl2N. The lowest BCUT2D eigenvalue weighted by molar-refractivity contribution is 1.06. The van der Waals surface area contributed by atoms with Gasteiger partial charge in [-0.1, -0.05) is 47.5 Å². The van der Waals surface area contributed by atoms with Gasteiger partial charge in [0.05, 0.1) is 0 Å². The maximum absolute atomic E-state index is 6.38. The van der Waals surface area contributed by atoms with Crippen LogP contribution in [0, 0.1) is 0 Å². The first-order valence-corrected chi connectivity index (χ1v) is 7.49. The van der Waals surface area contributed by atoms with E-state index >= 15 is 0 Å². The second kappa shape index (κ2) is 4.87. The number of fused-ring (bicyclic) bond motifs is 3. The van der Waals surface area contributed by atoms with Gasteiger partial charge in [-0.25, -0.2) is 0 Å². The standard InChI is InChI=1S/C18H11Cl2N/c19-13-3-1-11(2-4-13)14-5-6-17(20)16-9-12-10-21-8-7-15(12)18(14)16/h1-10,15H. The SMILES string of the molecule is Clc1ccc(-c2ccc(Cl)c3c2C2C=CN=CC2=C3)cc1. The molecule has 0 saturated heterocycles. The van der Waals surface area contributed by atoms with E-state index < -0.39 is 0 Å². The number of allylic oxidation sites excluding steroid dienone is 2. The van der Waals surface area contributed by atoms with Gasteiger partial charge in [0.1, 0.15) is 0 Å². The van der Waals surface area contributed by atoms with E-state index in [9.17, 15) is 0 Å². The summed E-state index contributed by atoms with van der Waals surface area (Å²) >= 11 is 12.4. The Kier molecular flexibility index (Phi) is 2.99. The molecule has 0 N–H and O–H groups in total. The van der Waals surface area contributed by atoms with Crippen LogP contribution in [0.5, 0.6) is 0 Å². The van der Waals surface area contributed by atoms with Crippen molar-refractivity contribution in [3.05, 3.63) is 75.4 Å². The number of aliphatic imine (C=N–C) groups is 1.